The van der Waals surface area contributed by atoms with E-state index < -0.39 is 14.9 Å². The molecular formula is C21H26N4O5S. The Morgan fingerprint density at radius 1 is 1.03 bits per heavy atom. The fourth-order valence-corrected chi connectivity index (χ4v) is 5.44. The molecule has 0 aromatic heterocycles. The van der Waals surface area contributed by atoms with Gasteiger partial charge in [-0.15, -0.1) is 0 Å². The standard InChI is InChI=1S/C21H26N4O5S/c1-22-9-11-24(12-10-22)31(28,29)18-7-8-19(20(15-18)25(26)27)23-13-14-30-21(16-23)17-5-3-2-4-6-17/h2-8,15,21H,9-14,16H2,1H3/t21-/m0/s1. The summed E-state index contributed by atoms with van der Waals surface area (Å²) in [6, 6.07) is 13.9. The van der Waals surface area contributed by atoms with Crippen LogP contribution in [-0.2, 0) is 14.8 Å². The van der Waals surface area contributed by atoms with Crippen molar-refractivity contribution < 1.29 is 18.1 Å². The van der Waals surface area contributed by atoms with E-state index in [4.69, 9.17) is 4.74 Å². The first-order valence-electron chi connectivity index (χ1n) is 10.2. The molecule has 0 amide bonds. The minimum atomic E-state index is -3.78. The number of hydrogen-bond acceptors (Lipinski definition) is 7. The van der Waals surface area contributed by atoms with Gasteiger partial charge in [0, 0.05) is 45.3 Å². The maximum absolute atomic E-state index is 13.0. The van der Waals surface area contributed by atoms with Gasteiger partial charge in [-0.2, -0.15) is 4.31 Å². The Hall–Kier alpha value is -2.53. The maximum atomic E-state index is 13.0. The second-order valence-corrected chi connectivity index (χ2v) is 9.77. The third-order valence-electron chi connectivity index (χ3n) is 5.82. The van der Waals surface area contributed by atoms with E-state index in [1.807, 2.05) is 42.3 Å². The first-order valence-corrected chi connectivity index (χ1v) is 11.7. The number of piperazine rings is 1. The van der Waals surface area contributed by atoms with Crippen molar-refractivity contribution in [1.29, 1.82) is 0 Å². The van der Waals surface area contributed by atoms with E-state index in [0.717, 1.165) is 5.56 Å². The Labute approximate surface area is 182 Å². The van der Waals surface area contributed by atoms with Crippen molar-refractivity contribution >= 4 is 21.4 Å². The number of nitro benzene ring substituents is 1. The zero-order valence-corrected chi connectivity index (χ0v) is 18.2. The summed E-state index contributed by atoms with van der Waals surface area (Å²) in [5.74, 6) is 0. The van der Waals surface area contributed by atoms with Gasteiger partial charge < -0.3 is 14.5 Å². The summed E-state index contributed by atoms with van der Waals surface area (Å²) in [5, 5.41) is 11.8. The number of benzene rings is 2. The Morgan fingerprint density at radius 2 is 1.74 bits per heavy atom. The quantitative estimate of drug-likeness (QED) is 0.513. The van der Waals surface area contributed by atoms with Crippen LogP contribution in [0.3, 0.4) is 0 Å². The molecule has 10 heteroatoms. The molecule has 1 atom stereocenters. The average Bonchev–Trinajstić information content (AvgIpc) is 2.79. The van der Waals surface area contributed by atoms with Crippen molar-refractivity contribution in [2.45, 2.75) is 11.0 Å². The normalized spacial score (nSPS) is 21.2. The van der Waals surface area contributed by atoms with Crippen molar-refractivity contribution in [3.05, 3.63) is 64.2 Å². The van der Waals surface area contributed by atoms with Gasteiger partial charge in [0.15, 0.2) is 0 Å². The van der Waals surface area contributed by atoms with Gasteiger partial charge in [-0.1, -0.05) is 30.3 Å². The molecule has 4 rings (SSSR count). The van der Waals surface area contributed by atoms with Crippen LogP contribution in [0.4, 0.5) is 11.4 Å². The average molecular weight is 447 g/mol. The van der Waals surface area contributed by atoms with Crippen molar-refractivity contribution in [3.8, 4) is 0 Å². The van der Waals surface area contributed by atoms with Crippen molar-refractivity contribution in [2.24, 2.45) is 0 Å². The number of hydrogen-bond donors (Lipinski definition) is 0. The van der Waals surface area contributed by atoms with Gasteiger partial charge >= 0.3 is 0 Å². The number of likely N-dealkylation sites (N-methyl/N-ethyl adjacent to an activating group) is 1. The van der Waals surface area contributed by atoms with Gasteiger partial charge in [0.05, 0.1) is 16.4 Å². The minimum Gasteiger partial charge on any atom is -0.370 e. The third kappa shape index (κ3) is 4.57. The lowest BCUT2D eigenvalue weighted by atomic mass is 10.1. The van der Waals surface area contributed by atoms with Crippen LogP contribution in [0.15, 0.2) is 53.4 Å². The number of nitro groups is 1. The lowest BCUT2D eigenvalue weighted by molar-refractivity contribution is -0.384. The first kappa shape index (κ1) is 21.7. The topological polar surface area (TPSA) is 96.2 Å². The number of rotatable bonds is 5. The number of sulfonamides is 1. The minimum absolute atomic E-state index is 0.0413. The van der Waals surface area contributed by atoms with E-state index in [-0.39, 0.29) is 16.7 Å². The molecule has 9 nitrogen and oxygen atoms in total. The smallest absolute Gasteiger partial charge is 0.293 e. The molecule has 2 fully saturated rings. The van der Waals surface area contributed by atoms with Gasteiger partial charge in [-0.05, 0) is 24.7 Å². The molecular weight excluding hydrogens is 420 g/mol. The molecule has 0 unspecified atom stereocenters. The van der Waals surface area contributed by atoms with E-state index in [9.17, 15) is 18.5 Å². The summed E-state index contributed by atoms with van der Waals surface area (Å²) < 4.78 is 33.3. The number of morpholine rings is 1. The first-order chi connectivity index (χ1) is 14.9. The van der Waals surface area contributed by atoms with E-state index in [1.165, 1.54) is 16.4 Å². The van der Waals surface area contributed by atoms with Gasteiger partial charge in [-0.3, -0.25) is 10.1 Å². The zero-order valence-electron chi connectivity index (χ0n) is 17.4. The molecule has 2 heterocycles. The maximum Gasteiger partial charge on any atom is 0.293 e. The third-order valence-corrected chi connectivity index (χ3v) is 7.72. The highest BCUT2D eigenvalue weighted by Crippen LogP contribution is 2.35. The number of anilines is 1. The summed E-state index contributed by atoms with van der Waals surface area (Å²) >= 11 is 0. The van der Waals surface area contributed by atoms with Crippen LogP contribution >= 0.6 is 0 Å². The van der Waals surface area contributed by atoms with Gasteiger partial charge in [0.25, 0.3) is 5.69 Å². The zero-order chi connectivity index (χ0) is 22.0. The van der Waals surface area contributed by atoms with Crippen molar-refractivity contribution in [3.63, 3.8) is 0 Å². The highest BCUT2D eigenvalue weighted by Gasteiger charge is 2.32. The van der Waals surface area contributed by atoms with Crippen LogP contribution in [0.25, 0.3) is 0 Å². The number of nitrogens with zero attached hydrogens (tertiary/aromatic N) is 4. The molecule has 0 radical (unpaired) electrons. The molecule has 0 bridgehead atoms. The summed E-state index contributed by atoms with van der Waals surface area (Å²) in [5.41, 5.74) is 1.21. The molecule has 0 N–H and O–H groups in total. The largest absolute Gasteiger partial charge is 0.370 e. The summed E-state index contributed by atoms with van der Waals surface area (Å²) in [4.78, 5) is 15.2. The monoisotopic (exact) mass is 446 g/mol. The van der Waals surface area contributed by atoms with Gasteiger partial charge in [0.1, 0.15) is 11.8 Å². The van der Waals surface area contributed by atoms with E-state index >= 15 is 0 Å². The van der Waals surface area contributed by atoms with Crippen LogP contribution in [0.1, 0.15) is 11.7 Å². The fourth-order valence-electron chi connectivity index (χ4n) is 3.99. The van der Waals surface area contributed by atoms with Crippen LogP contribution in [0.2, 0.25) is 0 Å². The Morgan fingerprint density at radius 3 is 2.42 bits per heavy atom. The Balaban J connectivity index is 1.61. The fraction of sp³-hybridized carbons (Fsp3) is 0.429. The molecule has 31 heavy (non-hydrogen) atoms. The van der Waals surface area contributed by atoms with E-state index in [2.05, 4.69) is 4.90 Å². The SMILES string of the molecule is CN1CCN(S(=O)(=O)c2ccc(N3CCO[C@H](c4ccccc4)C3)c([N+](=O)[O-])c2)CC1. The lowest BCUT2D eigenvalue weighted by Gasteiger charge is -2.34. The second-order valence-electron chi connectivity index (χ2n) is 7.83. The van der Waals surface area contributed by atoms with Gasteiger partial charge in [-0.25, -0.2) is 8.42 Å². The van der Waals surface area contributed by atoms with Gasteiger partial charge in [0.2, 0.25) is 10.0 Å². The van der Waals surface area contributed by atoms with Crippen molar-refractivity contribution in [2.75, 3.05) is 57.8 Å². The molecule has 2 saturated heterocycles. The lowest BCUT2D eigenvalue weighted by Crippen LogP contribution is -2.47. The summed E-state index contributed by atoms with van der Waals surface area (Å²) in [7, 11) is -1.84. The predicted molar refractivity (Wildman–Crippen MR) is 117 cm³/mol. The highest BCUT2D eigenvalue weighted by molar-refractivity contribution is 7.89. The molecule has 2 aromatic carbocycles. The molecule has 0 saturated carbocycles. The van der Waals surface area contributed by atoms with E-state index in [1.54, 1.807) is 6.07 Å². The molecule has 2 aromatic rings. The molecule has 2 aliphatic heterocycles. The Kier molecular flexibility index (Phi) is 6.24. The molecule has 2 aliphatic rings. The Bertz CT molecular complexity index is 1040. The predicted octanol–water partition coefficient (Wildman–Crippen LogP) is 2.11. The van der Waals surface area contributed by atoms with Crippen molar-refractivity contribution in [1.82, 2.24) is 9.21 Å². The number of ether oxygens (including phenoxy) is 1. The van der Waals surface area contributed by atoms with E-state index in [0.29, 0.717) is 51.6 Å². The molecule has 166 valence electrons. The summed E-state index contributed by atoms with van der Waals surface area (Å²) in [6.45, 7) is 3.39. The summed E-state index contributed by atoms with van der Waals surface area (Å²) in [6.07, 6.45) is -0.205. The highest BCUT2D eigenvalue weighted by atomic mass is 32.2. The van der Waals surface area contributed by atoms with Crippen LogP contribution in [0.5, 0.6) is 0 Å². The van der Waals surface area contributed by atoms with Crippen LogP contribution in [-0.4, -0.2) is 75.5 Å². The molecule has 0 spiro atoms. The second kappa shape index (κ2) is 8.91. The molecule has 0 aliphatic carbocycles. The van der Waals surface area contributed by atoms with Crippen LogP contribution < -0.4 is 4.90 Å². The van der Waals surface area contributed by atoms with Crippen LogP contribution in [0, 0.1) is 10.1 Å².